The van der Waals surface area contributed by atoms with Gasteiger partial charge in [0.15, 0.2) is 0 Å². The fourth-order valence-electron chi connectivity index (χ4n) is 3.53. The van der Waals surface area contributed by atoms with Crippen LogP contribution in [-0.2, 0) is 12.6 Å². The summed E-state index contributed by atoms with van der Waals surface area (Å²) in [5.41, 5.74) is 0.921. The fourth-order valence-corrected chi connectivity index (χ4v) is 3.53. The molecule has 1 amide bonds. The van der Waals surface area contributed by atoms with Crippen LogP contribution in [0.1, 0.15) is 41.5 Å². The van der Waals surface area contributed by atoms with Crippen LogP contribution in [0.3, 0.4) is 0 Å². The number of aromatic nitrogens is 4. The molecule has 0 aliphatic carbocycles. The van der Waals surface area contributed by atoms with Crippen LogP contribution in [0.25, 0.3) is 22.2 Å². The highest BCUT2D eigenvalue weighted by molar-refractivity contribution is 6.02. The Morgan fingerprint density at radius 1 is 1.24 bits per heavy atom. The molecule has 0 radical (unpaired) electrons. The molecular formula is C23H25N5O5. The lowest BCUT2D eigenvalue weighted by atomic mass is 10.1. The van der Waals surface area contributed by atoms with E-state index in [2.05, 4.69) is 20.3 Å². The molecule has 0 aliphatic rings. The molecule has 0 saturated carbocycles. The summed E-state index contributed by atoms with van der Waals surface area (Å²) in [6, 6.07) is 5.23. The smallest absolute Gasteiger partial charge is 0.274 e. The second kappa shape index (κ2) is 7.89. The molecular weight excluding hydrogens is 426 g/mol. The van der Waals surface area contributed by atoms with Crippen LogP contribution in [0.2, 0.25) is 0 Å². The number of rotatable bonds is 5. The van der Waals surface area contributed by atoms with Crippen molar-refractivity contribution in [3.8, 4) is 23.1 Å². The van der Waals surface area contributed by atoms with Crippen LogP contribution in [0.15, 0.2) is 33.6 Å². The van der Waals surface area contributed by atoms with E-state index in [1.54, 1.807) is 25.4 Å². The van der Waals surface area contributed by atoms with Gasteiger partial charge in [0.25, 0.3) is 17.3 Å². The Kier molecular flexibility index (Phi) is 5.33. The van der Waals surface area contributed by atoms with Gasteiger partial charge in [0.1, 0.15) is 16.8 Å². The Hall–Kier alpha value is -3.92. The number of hydrogen-bond acceptors (Lipinski definition) is 7. The number of carbonyl (C=O) groups is 1. The highest BCUT2D eigenvalue weighted by Gasteiger charge is 2.29. The molecule has 0 saturated heterocycles. The zero-order valence-corrected chi connectivity index (χ0v) is 19.2. The van der Waals surface area contributed by atoms with E-state index in [9.17, 15) is 14.7 Å². The standard InChI is InChI=1S/C23H25N5O5/c1-11-7-12(2)25-16(8-11)32-20-18(33-22(27-20)23(3,4)31)14-10-28(6)21(30)17-13(14)9-15(26-17)19(29)24-5/h7-10,26,31H,1-6H3,(H,24,29). The van der Waals surface area contributed by atoms with Crippen molar-refractivity contribution in [2.45, 2.75) is 33.3 Å². The highest BCUT2D eigenvalue weighted by Crippen LogP contribution is 2.39. The van der Waals surface area contributed by atoms with E-state index in [1.165, 1.54) is 25.5 Å². The maximum Gasteiger partial charge on any atom is 0.274 e. The van der Waals surface area contributed by atoms with Gasteiger partial charge in [-0.15, -0.1) is 0 Å². The van der Waals surface area contributed by atoms with E-state index in [0.29, 0.717) is 16.8 Å². The number of fused-ring (bicyclic) bond motifs is 1. The van der Waals surface area contributed by atoms with Crippen molar-refractivity contribution >= 4 is 16.8 Å². The number of hydrogen-bond donors (Lipinski definition) is 3. The fraction of sp³-hybridized carbons (Fsp3) is 0.304. The number of oxazole rings is 1. The van der Waals surface area contributed by atoms with Gasteiger partial charge in [0, 0.05) is 43.0 Å². The van der Waals surface area contributed by atoms with Crippen LogP contribution in [0, 0.1) is 13.8 Å². The van der Waals surface area contributed by atoms with E-state index < -0.39 is 5.60 Å². The summed E-state index contributed by atoms with van der Waals surface area (Å²) >= 11 is 0. The molecule has 4 rings (SSSR count). The quantitative estimate of drug-likeness (QED) is 0.424. The highest BCUT2D eigenvalue weighted by atomic mass is 16.5. The van der Waals surface area contributed by atoms with Gasteiger partial charge >= 0.3 is 0 Å². The summed E-state index contributed by atoms with van der Waals surface area (Å²) in [7, 11) is 3.09. The van der Waals surface area contributed by atoms with E-state index >= 15 is 0 Å². The van der Waals surface area contributed by atoms with Gasteiger partial charge in [-0.3, -0.25) is 9.59 Å². The zero-order valence-electron chi connectivity index (χ0n) is 19.2. The molecule has 10 nitrogen and oxygen atoms in total. The first-order valence-corrected chi connectivity index (χ1v) is 10.3. The normalized spacial score (nSPS) is 11.7. The molecule has 4 aromatic heterocycles. The Morgan fingerprint density at radius 3 is 2.61 bits per heavy atom. The third-order valence-corrected chi connectivity index (χ3v) is 5.08. The Labute approximate surface area is 189 Å². The lowest BCUT2D eigenvalue weighted by Crippen LogP contribution is -2.19. The van der Waals surface area contributed by atoms with Gasteiger partial charge in [-0.25, -0.2) is 4.98 Å². The van der Waals surface area contributed by atoms with Gasteiger partial charge in [0.05, 0.1) is 0 Å². The van der Waals surface area contributed by atoms with Crippen molar-refractivity contribution < 1.29 is 19.1 Å². The predicted octanol–water partition coefficient (Wildman–Crippen LogP) is 2.91. The SMILES string of the molecule is CNC(=O)c1cc2c(-c3oc(C(C)(C)O)nc3Oc3cc(C)cc(C)n3)cn(C)c(=O)c2[nH]1. The first kappa shape index (κ1) is 22.3. The van der Waals surface area contributed by atoms with E-state index in [-0.39, 0.29) is 40.2 Å². The van der Waals surface area contributed by atoms with E-state index in [0.717, 1.165) is 11.3 Å². The molecule has 172 valence electrons. The van der Waals surface area contributed by atoms with Gasteiger partial charge in [0.2, 0.25) is 17.5 Å². The molecule has 3 N–H and O–H groups in total. The van der Waals surface area contributed by atoms with Crippen molar-refractivity contribution in [2.24, 2.45) is 7.05 Å². The molecule has 4 aromatic rings. The first-order chi connectivity index (χ1) is 15.5. The van der Waals surface area contributed by atoms with Crippen molar-refractivity contribution in [1.82, 2.24) is 24.8 Å². The van der Waals surface area contributed by atoms with Crippen molar-refractivity contribution in [3.05, 3.63) is 57.6 Å². The summed E-state index contributed by atoms with van der Waals surface area (Å²) in [4.78, 5) is 36.5. The number of amides is 1. The second-order valence-corrected chi connectivity index (χ2v) is 8.45. The number of aromatic amines is 1. The molecule has 0 fully saturated rings. The minimum Gasteiger partial charge on any atom is -0.433 e. The van der Waals surface area contributed by atoms with Crippen molar-refractivity contribution in [2.75, 3.05) is 7.05 Å². The number of ether oxygens (including phenoxy) is 1. The molecule has 0 spiro atoms. The largest absolute Gasteiger partial charge is 0.433 e. The Morgan fingerprint density at radius 2 is 1.97 bits per heavy atom. The average molecular weight is 451 g/mol. The zero-order chi connectivity index (χ0) is 24.1. The van der Waals surface area contributed by atoms with E-state index in [4.69, 9.17) is 9.15 Å². The number of carbonyl (C=O) groups excluding carboxylic acids is 1. The Bertz CT molecular complexity index is 1420. The number of H-pyrrole nitrogens is 1. The Balaban J connectivity index is 1.97. The van der Waals surface area contributed by atoms with Crippen molar-refractivity contribution in [1.29, 1.82) is 0 Å². The number of pyridine rings is 2. The van der Waals surface area contributed by atoms with Gasteiger partial charge in [-0.05, 0) is 45.4 Å². The van der Waals surface area contributed by atoms with Crippen LogP contribution in [-0.4, -0.2) is 37.6 Å². The molecule has 0 bridgehead atoms. The van der Waals surface area contributed by atoms with Crippen LogP contribution < -0.4 is 15.6 Å². The third-order valence-electron chi connectivity index (χ3n) is 5.08. The summed E-state index contributed by atoms with van der Waals surface area (Å²) in [6.07, 6.45) is 1.57. The molecule has 0 unspecified atom stereocenters. The molecule has 0 atom stereocenters. The van der Waals surface area contributed by atoms with Gasteiger partial charge in [-0.2, -0.15) is 4.98 Å². The predicted molar refractivity (Wildman–Crippen MR) is 121 cm³/mol. The number of nitrogens with one attached hydrogen (secondary N) is 2. The van der Waals surface area contributed by atoms with Crippen molar-refractivity contribution in [3.63, 3.8) is 0 Å². The molecule has 4 heterocycles. The average Bonchev–Trinajstić information content (AvgIpc) is 3.34. The maximum absolute atomic E-state index is 12.7. The molecule has 0 aromatic carbocycles. The minimum atomic E-state index is -1.39. The summed E-state index contributed by atoms with van der Waals surface area (Å²) in [5.74, 6) is 0.236. The summed E-state index contributed by atoms with van der Waals surface area (Å²) < 4.78 is 13.3. The number of aryl methyl sites for hydroxylation is 3. The first-order valence-electron chi connectivity index (χ1n) is 10.3. The van der Waals surface area contributed by atoms with Crippen LogP contribution >= 0.6 is 0 Å². The monoisotopic (exact) mass is 451 g/mol. The van der Waals surface area contributed by atoms with Crippen LogP contribution in [0.5, 0.6) is 11.8 Å². The maximum atomic E-state index is 12.7. The molecule has 33 heavy (non-hydrogen) atoms. The van der Waals surface area contributed by atoms with E-state index in [1.807, 2.05) is 19.9 Å². The topological polar surface area (TPSA) is 135 Å². The molecule has 0 aliphatic heterocycles. The third kappa shape index (κ3) is 4.12. The second-order valence-electron chi connectivity index (χ2n) is 8.45. The van der Waals surface area contributed by atoms with Gasteiger partial charge < -0.3 is 29.1 Å². The summed E-state index contributed by atoms with van der Waals surface area (Å²) in [5, 5.41) is 13.5. The number of nitrogens with zero attached hydrogens (tertiary/aromatic N) is 3. The minimum absolute atomic E-state index is 0.0286. The molecule has 10 heteroatoms. The lowest BCUT2D eigenvalue weighted by molar-refractivity contribution is 0.0489. The lowest BCUT2D eigenvalue weighted by Gasteiger charge is -2.11. The summed E-state index contributed by atoms with van der Waals surface area (Å²) in [6.45, 7) is 6.85. The van der Waals surface area contributed by atoms with Crippen LogP contribution in [0.4, 0.5) is 0 Å². The van der Waals surface area contributed by atoms with Gasteiger partial charge in [-0.1, -0.05) is 0 Å². The number of aliphatic hydroxyl groups is 1.